The predicted molar refractivity (Wildman–Crippen MR) is 60.9 cm³/mol. The molecule has 1 rings (SSSR count). The maximum Gasteiger partial charge on any atom is 0.335 e. The molecular weight excluding hydrogens is 206 g/mol. The van der Waals surface area contributed by atoms with Gasteiger partial charge in [-0.1, -0.05) is 6.92 Å². The number of nitrogens with two attached hydrogens (primary N) is 1. The second-order valence-corrected chi connectivity index (χ2v) is 5.09. The molecule has 0 aromatic heterocycles. The molecule has 4 nitrogen and oxygen atoms in total. The Labute approximate surface area is 97.4 Å². The predicted octanol–water partition coefficient (Wildman–Crippen LogP) is 0.0525. The normalized spacial score (nSPS) is 20.5. The van der Waals surface area contributed by atoms with E-state index in [4.69, 9.17) is 4.74 Å². The van der Waals surface area contributed by atoms with E-state index in [0.717, 1.165) is 25.9 Å². The molecule has 16 heavy (non-hydrogen) atoms. The lowest BCUT2D eigenvalue weighted by Gasteiger charge is -2.35. The molecule has 94 valence electrons. The number of esters is 1. The molecule has 0 aromatic rings. The molecule has 0 saturated carbocycles. The highest BCUT2D eigenvalue weighted by Gasteiger charge is 2.36. The molecule has 1 aliphatic rings. The number of piperidine rings is 1. The van der Waals surface area contributed by atoms with Crippen molar-refractivity contribution in [3.63, 3.8) is 0 Å². The number of carbonyl (C=O) groups excluding carboxylic acids is 1. The average Bonchev–Trinajstić information content (AvgIpc) is 2.28. The van der Waals surface area contributed by atoms with E-state index in [1.165, 1.54) is 0 Å². The zero-order chi connectivity index (χ0) is 12.2. The van der Waals surface area contributed by atoms with Gasteiger partial charge in [0.1, 0.15) is 5.60 Å². The van der Waals surface area contributed by atoms with Crippen molar-refractivity contribution in [2.45, 2.75) is 51.7 Å². The van der Waals surface area contributed by atoms with Crippen molar-refractivity contribution in [1.82, 2.24) is 0 Å². The summed E-state index contributed by atoms with van der Waals surface area (Å²) >= 11 is 0. The first-order valence-electron chi connectivity index (χ1n) is 6.20. The molecule has 1 atom stereocenters. The van der Waals surface area contributed by atoms with Crippen molar-refractivity contribution in [3.8, 4) is 0 Å². The van der Waals surface area contributed by atoms with Gasteiger partial charge in [0.05, 0.1) is 13.1 Å². The third kappa shape index (κ3) is 3.46. The molecule has 1 fully saturated rings. The van der Waals surface area contributed by atoms with Crippen molar-refractivity contribution < 1.29 is 20.0 Å². The number of hydrogen-bond acceptors (Lipinski definition) is 3. The van der Waals surface area contributed by atoms with E-state index in [-0.39, 0.29) is 0 Å². The minimum Gasteiger partial charge on any atom is -0.457 e. The highest BCUT2D eigenvalue weighted by atomic mass is 16.6. The molecule has 1 aliphatic heterocycles. The van der Waals surface area contributed by atoms with Crippen molar-refractivity contribution in [2.24, 2.45) is 5.92 Å². The Balaban J connectivity index is 2.52. The first-order chi connectivity index (χ1) is 7.47. The van der Waals surface area contributed by atoms with Crippen LogP contribution in [0.25, 0.3) is 0 Å². The van der Waals surface area contributed by atoms with E-state index in [1.54, 1.807) is 6.92 Å². The van der Waals surface area contributed by atoms with E-state index in [2.05, 4.69) is 5.32 Å². The summed E-state index contributed by atoms with van der Waals surface area (Å²) in [6, 6.07) is 0. The van der Waals surface area contributed by atoms with Gasteiger partial charge >= 0.3 is 5.97 Å². The zero-order valence-corrected chi connectivity index (χ0v) is 10.5. The summed E-state index contributed by atoms with van der Waals surface area (Å²) in [4.78, 5) is 11.6. The van der Waals surface area contributed by atoms with Crippen LogP contribution in [-0.4, -0.2) is 35.9 Å². The summed E-state index contributed by atoms with van der Waals surface area (Å²) < 4.78 is 5.43. The summed E-state index contributed by atoms with van der Waals surface area (Å²) in [5.74, 6) is -0.0763. The van der Waals surface area contributed by atoms with Gasteiger partial charge in [0, 0.05) is 18.8 Å². The lowest BCUT2D eigenvalue weighted by Crippen LogP contribution is -2.86. The Hall–Kier alpha value is -0.610. The third-order valence-electron chi connectivity index (χ3n) is 3.44. The summed E-state index contributed by atoms with van der Waals surface area (Å²) in [7, 11) is 0. The van der Waals surface area contributed by atoms with Crippen LogP contribution in [-0.2, 0) is 9.53 Å². The number of aliphatic hydroxyl groups is 1. The number of ether oxygens (including phenoxy) is 1. The van der Waals surface area contributed by atoms with Crippen LogP contribution < -0.4 is 5.32 Å². The van der Waals surface area contributed by atoms with E-state index in [0.29, 0.717) is 12.3 Å². The summed E-state index contributed by atoms with van der Waals surface area (Å²) in [6.45, 7) is 7.87. The summed E-state index contributed by atoms with van der Waals surface area (Å²) in [6.07, 6.45) is 1.58. The van der Waals surface area contributed by atoms with Gasteiger partial charge < -0.3 is 15.2 Å². The van der Waals surface area contributed by atoms with Crippen LogP contribution in [0.3, 0.4) is 0 Å². The Morgan fingerprint density at radius 2 is 2.06 bits per heavy atom. The van der Waals surface area contributed by atoms with Crippen molar-refractivity contribution in [1.29, 1.82) is 0 Å². The maximum absolute atomic E-state index is 11.6. The van der Waals surface area contributed by atoms with Gasteiger partial charge in [-0.3, -0.25) is 0 Å². The SMILES string of the molecule is CCC(O)C(=O)OC(C)(C)C1CC[NH2+]CC1. The molecule has 0 bridgehead atoms. The van der Waals surface area contributed by atoms with Gasteiger partial charge in [0.25, 0.3) is 0 Å². The minimum atomic E-state index is -0.977. The molecule has 3 N–H and O–H groups in total. The lowest BCUT2D eigenvalue weighted by atomic mass is 9.83. The van der Waals surface area contributed by atoms with Gasteiger partial charge in [-0.2, -0.15) is 0 Å². The molecule has 0 aromatic carbocycles. The van der Waals surface area contributed by atoms with Crippen molar-refractivity contribution in [3.05, 3.63) is 0 Å². The second-order valence-electron chi connectivity index (χ2n) is 5.09. The van der Waals surface area contributed by atoms with Gasteiger partial charge in [0.15, 0.2) is 6.10 Å². The molecule has 0 amide bonds. The van der Waals surface area contributed by atoms with Gasteiger partial charge in [-0.15, -0.1) is 0 Å². The summed E-state index contributed by atoms with van der Waals surface area (Å²) in [5, 5.41) is 11.7. The van der Waals surface area contributed by atoms with E-state index >= 15 is 0 Å². The highest BCUT2D eigenvalue weighted by Crippen LogP contribution is 2.28. The quantitative estimate of drug-likeness (QED) is 0.671. The molecule has 1 unspecified atom stereocenters. The first-order valence-corrected chi connectivity index (χ1v) is 6.20. The fraction of sp³-hybridized carbons (Fsp3) is 0.917. The molecule has 1 saturated heterocycles. The van der Waals surface area contributed by atoms with Crippen LogP contribution in [0.1, 0.15) is 40.0 Å². The van der Waals surface area contributed by atoms with Crippen LogP contribution in [0.2, 0.25) is 0 Å². The van der Waals surface area contributed by atoms with Crippen LogP contribution in [0.5, 0.6) is 0 Å². The van der Waals surface area contributed by atoms with E-state index in [9.17, 15) is 9.90 Å². The molecule has 0 spiro atoms. The monoisotopic (exact) mass is 230 g/mol. The van der Waals surface area contributed by atoms with Gasteiger partial charge in [-0.25, -0.2) is 4.79 Å². The number of rotatable bonds is 4. The molecule has 0 radical (unpaired) electrons. The van der Waals surface area contributed by atoms with Crippen molar-refractivity contribution in [2.75, 3.05) is 13.1 Å². The Bertz CT molecular complexity index is 234. The third-order valence-corrected chi connectivity index (χ3v) is 3.44. The Kier molecular flexibility index (Phi) is 4.74. The van der Waals surface area contributed by atoms with E-state index in [1.807, 2.05) is 13.8 Å². The van der Waals surface area contributed by atoms with Gasteiger partial charge in [0.2, 0.25) is 0 Å². The minimum absolute atomic E-state index is 0.408. The fourth-order valence-corrected chi connectivity index (χ4v) is 2.20. The highest BCUT2D eigenvalue weighted by molar-refractivity contribution is 5.74. The first kappa shape index (κ1) is 13.5. The van der Waals surface area contributed by atoms with Gasteiger partial charge in [-0.05, 0) is 20.3 Å². The summed E-state index contributed by atoms with van der Waals surface area (Å²) in [5.41, 5.74) is -0.457. The van der Waals surface area contributed by atoms with Crippen LogP contribution in [0.15, 0.2) is 0 Å². The Morgan fingerprint density at radius 3 is 2.56 bits per heavy atom. The number of carbonyl (C=O) groups is 1. The zero-order valence-electron chi connectivity index (χ0n) is 10.5. The van der Waals surface area contributed by atoms with Crippen molar-refractivity contribution >= 4 is 5.97 Å². The topological polar surface area (TPSA) is 63.1 Å². The molecule has 0 aliphatic carbocycles. The largest absolute Gasteiger partial charge is 0.457 e. The standard InChI is InChI=1S/C12H23NO3/c1-4-10(14)11(15)16-12(2,3)9-5-7-13-8-6-9/h9-10,13-14H,4-8H2,1-3H3/p+1. The molecular formula is C12H24NO3+. The molecule has 1 heterocycles. The molecule has 4 heteroatoms. The smallest absolute Gasteiger partial charge is 0.335 e. The second kappa shape index (κ2) is 5.64. The number of aliphatic hydroxyl groups excluding tert-OH is 1. The maximum atomic E-state index is 11.6. The van der Waals surface area contributed by atoms with Crippen LogP contribution in [0.4, 0.5) is 0 Å². The van der Waals surface area contributed by atoms with E-state index < -0.39 is 17.7 Å². The lowest BCUT2D eigenvalue weighted by molar-refractivity contribution is -0.665. The fourth-order valence-electron chi connectivity index (χ4n) is 2.20. The number of hydrogen-bond donors (Lipinski definition) is 2. The van der Waals surface area contributed by atoms with Crippen LogP contribution >= 0.6 is 0 Å². The van der Waals surface area contributed by atoms with Crippen LogP contribution in [0, 0.1) is 5.92 Å². The Morgan fingerprint density at radius 1 is 1.50 bits per heavy atom. The average molecular weight is 230 g/mol. The number of quaternary nitrogens is 1.